The predicted octanol–water partition coefficient (Wildman–Crippen LogP) is 8.76. The van der Waals surface area contributed by atoms with Gasteiger partial charge in [-0.05, 0) is 60.2 Å². The summed E-state index contributed by atoms with van der Waals surface area (Å²) >= 11 is 15.9. The van der Waals surface area contributed by atoms with Gasteiger partial charge >= 0.3 is 0 Å². The average Bonchev–Trinajstić information content (AvgIpc) is 3.55. The van der Waals surface area contributed by atoms with Gasteiger partial charge in [-0.1, -0.05) is 75.5 Å². The predicted molar refractivity (Wildman–Crippen MR) is 169 cm³/mol. The lowest BCUT2D eigenvalue weighted by molar-refractivity contribution is 0.616. The van der Waals surface area contributed by atoms with Gasteiger partial charge in [0.25, 0.3) is 5.56 Å². The highest BCUT2D eigenvalue weighted by Gasteiger charge is 2.17. The summed E-state index contributed by atoms with van der Waals surface area (Å²) < 4.78 is 10.5. The van der Waals surface area contributed by atoms with Crippen LogP contribution in [0.15, 0.2) is 116 Å². The SMILES string of the molecule is O=c1c2ccccc2nc(-c2cc3cc(Br)ccc3o2)n1N=Cc1cn(Cc2ccc(Cl)c(Cl)c2)c2ccccc12. The number of furan rings is 1. The minimum absolute atomic E-state index is 0.289. The Kier molecular flexibility index (Phi) is 6.50. The highest BCUT2D eigenvalue weighted by atomic mass is 79.9. The van der Waals surface area contributed by atoms with Crippen molar-refractivity contribution in [2.75, 3.05) is 0 Å². The molecule has 7 aromatic rings. The third-order valence-corrected chi connectivity index (χ3v) is 8.15. The lowest BCUT2D eigenvalue weighted by Crippen LogP contribution is -2.20. The van der Waals surface area contributed by atoms with Gasteiger partial charge in [-0.15, -0.1) is 0 Å². The molecule has 0 radical (unpaired) electrons. The summed E-state index contributed by atoms with van der Waals surface area (Å²) in [5, 5.41) is 8.06. The molecule has 0 spiro atoms. The number of hydrogen-bond acceptors (Lipinski definition) is 4. The van der Waals surface area contributed by atoms with E-state index in [2.05, 4.69) is 25.6 Å². The van der Waals surface area contributed by atoms with Gasteiger partial charge in [-0.2, -0.15) is 9.78 Å². The van der Waals surface area contributed by atoms with Crippen molar-refractivity contribution in [2.45, 2.75) is 6.54 Å². The second-order valence-corrected chi connectivity index (χ2v) is 11.3. The van der Waals surface area contributed by atoms with Gasteiger partial charge in [0.2, 0.25) is 5.82 Å². The first-order valence-electron chi connectivity index (χ1n) is 12.7. The summed E-state index contributed by atoms with van der Waals surface area (Å²) in [6.07, 6.45) is 3.70. The fourth-order valence-electron chi connectivity index (χ4n) is 4.98. The zero-order valence-electron chi connectivity index (χ0n) is 21.3. The molecule has 0 aliphatic rings. The Labute approximate surface area is 252 Å². The van der Waals surface area contributed by atoms with Crippen LogP contribution in [0, 0.1) is 0 Å². The van der Waals surface area contributed by atoms with Crippen LogP contribution >= 0.6 is 39.1 Å². The quantitative estimate of drug-likeness (QED) is 0.177. The molecule has 0 fully saturated rings. The maximum absolute atomic E-state index is 13.7. The molecule has 0 bridgehead atoms. The van der Waals surface area contributed by atoms with Gasteiger partial charge in [0, 0.05) is 39.1 Å². The van der Waals surface area contributed by atoms with E-state index in [0.29, 0.717) is 44.7 Å². The van der Waals surface area contributed by atoms with Gasteiger partial charge in [-0.3, -0.25) is 4.79 Å². The molecular formula is C32H19BrCl2N4O2. The van der Waals surface area contributed by atoms with E-state index in [-0.39, 0.29) is 5.56 Å². The van der Waals surface area contributed by atoms with Gasteiger partial charge in [0.05, 0.1) is 27.2 Å². The van der Waals surface area contributed by atoms with Crippen LogP contribution < -0.4 is 5.56 Å². The zero-order chi connectivity index (χ0) is 28.1. The fraction of sp³-hybridized carbons (Fsp3) is 0.0312. The van der Waals surface area contributed by atoms with Crippen LogP contribution in [-0.2, 0) is 6.54 Å². The summed E-state index contributed by atoms with van der Waals surface area (Å²) in [7, 11) is 0. The molecule has 9 heteroatoms. The van der Waals surface area contributed by atoms with Crippen molar-refractivity contribution in [3.05, 3.63) is 133 Å². The van der Waals surface area contributed by atoms with Gasteiger partial charge in [0.15, 0.2) is 5.76 Å². The van der Waals surface area contributed by atoms with Crippen molar-refractivity contribution < 1.29 is 4.42 Å². The Bertz CT molecular complexity index is 2210. The molecule has 3 heterocycles. The highest BCUT2D eigenvalue weighted by Crippen LogP contribution is 2.30. The van der Waals surface area contributed by atoms with Crippen LogP contribution in [0.5, 0.6) is 0 Å². The first kappa shape index (κ1) is 25.8. The number of rotatable bonds is 5. The van der Waals surface area contributed by atoms with E-state index in [1.54, 1.807) is 18.3 Å². The minimum Gasteiger partial charge on any atom is -0.453 e. The normalized spacial score (nSPS) is 11.9. The number of halogens is 3. The molecule has 4 aromatic carbocycles. The van der Waals surface area contributed by atoms with Crippen molar-refractivity contribution >= 4 is 78.1 Å². The summed E-state index contributed by atoms with van der Waals surface area (Å²) in [6, 6.07) is 28.5. The molecule has 0 amide bonds. The van der Waals surface area contributed by atoms with E-state index in [1.807, 2.05) is 85.1 Å². The Balaban J connectivity index is 1.37. The second-order valence-electron chi connectivity index (χ2n) is 9.58. The molecule has 0 aliphatic heterocycles. The maximum atomic E-state index is 13.7. The van der Waals surface area contributed by atoms with E-state index in [0.717, 1.165) is 31.9 Å². The van der Waals surface area contributed by atoms with Crippen LogP contribution in [0.4, 0.5) is 0 Å². The Hall–Kier alpha value is -4.17. The number of hydrogen-bond donors (Lipinski definition) is 0. The van der Waals surface area contributed by atoms with E-state index in [4.69, 9.17) is 32.6 Å². The molecule has 0 saturated carbocycles. The topological polar surface area (TPSA) is 65.3 Å². The minimum atomic E-state index is -0.289. The standard InChI is InChI=1S/C32H19BrCl2N4O2/c33-22-10-12-29-20(14-22)15-30(41-29)31-37-27-7-3-1-6-24(27)32(40)39(31)36-16-21-18-38(28-8-4-2-5-23(21)28)17-19-9-11-25(34)26(35)13-19/h1-16,18H,17H2. The number of nitrogens with zero attached hydrogens (tertiary/aromatic N) is 4. The molecule has 6 nitrogen and oxygen atoms in total. The Morgan fingerprint density at radius 2 is 1.71 bits per heavy atom. The molecule has 0 N–H and O–H groups in total. The molecule has 0 saturated heterocycles. The number of para-hydroxylation sites is 2. The Morgan fingerprint density at radius 3 is 2.56 bits per heavy atom. The lowest BCUT2D eigenvalue weighted by atomic mass is 10.2. The van der Waals surface area contributed by atoms with Gasteiger partial charge < -0.3 is 8.98 Å². The monoisotopic (exact) mass is 640 g/mol. The first-order valence-corrected chi connectivity index (χ1v) is 14.3. The molecule has 0 unspecified atom stereocenters. The van der Waals surface area contributed by atoms with Crippen LogP contribution in [0.2, 0.25) is 10.0 Å². The van der Waals surface area contributed by atoms with Crippen molar-refractivity contribution in [2.24, 2.45) is 5.10 Å². The molecular weight excluding hydrogens is 623 g/mol. The number of aromatic nitrogens is 3. The molecule has 0 atom stereocenters. The van der Waals surface area contributed by atoms with Crippen molar-refractivity contribution in [3.63, 3.8) is 0 Å². The van der Waals surface area contributed by atoms with Gasteiger partial charge in [-0.25, -0.2) is 4.98 Å². The van der Waals surface area contributed by atoms with E-state index < -0.39 is 0 Å². The van der Waals surface area contributed by atoms with E-state index >= 15 is 0 Å². The number of fused-ring (bicyclic) bond motifs is 3. The van der Waals surface area contributed by atoms with Crippen LogP contribution in [-0.4, -0.2) is 20.4 Å². The van der Waals surface area contributed by atoms with E-state index in [9.17, 15) is 4.79 Å². The maximum Gasteiger partial charge on any atom is 0.282 e. The van der Waals surface area contributed by atoms with Crippen LogP contribution in [0.1, 0.15) is 11.1 Å². The third-order valence-electron chi connectivity index (χ3n) is 6.92. The second kappa shape index (κ2) is 10.3. The van der Waals surface area contributed by atoms with Crippen molar-refractivity contribution in [1.82, 2.24) is 14.2 Å². The lowest BCUT2D eigenvalue weighted by Gasteiger charge is -2.07. The molecule has 41 heavy (non-hydrogen) atoms. The largest absolute Gasteiger partial charge is 0.453 e. The number of benzene rings is 4. The summed E-state index contributed by atoms with van der Waals surface area (Å²) in [5.74, 6) is 0.761. The molecule has 200 valence electrons. The van der Waals surface area contributed by atoms with Crippen molar-refractivity contribution in [3.8, 4) is 11.6 Å². The smallest absolute Gasteiger partial charge is 0.282 e. The fourth-order valence-corrected chi connectivity index (χ4v) is 5.68. The van der Waals surface area contributed by atoms with Crippen LogP contribution in [0.3, 0.4) is 0 Å². The van der Waals surface area contributed by atoms with E-state index in [1.165, 1.54) is 4.68 Å². The third kappa shape index (κ3) is 4.76. The summed E-state index contributed by atoms with van der Waals surface area (Å²) in [4.78, 5) is 18.5. The first-order chi connectivity index (χ1) is 19.9. The summed E-state index contributed by atoms with van der Waals surface area (Å²) in [5.41, 5.74) is 3.85. The molecule has 7 rings (SSSR count). The highest BCUT2D eigenvalue weighted by molar-refractivity contribution is 9.10. The summed E-state index contributed by atoms with van der Waals surface area (Å²) in [6.45, 7) is 0.586. The molecule has 0 aliphatic carbocycles. The van der Waals surface area contributed by atoms with Crippen LogP contribution in [0.25, 0.3) is 44.4 Å². The molecule has 3 aromatic heterocycles. The van der Waals surface area contributed by atoms with Gasteiger partial charge in [0.1, 0.15) is 5.58 Å². The Morgan fingerprint density at radius 1 is 0.902 bits per heavy atom. The zero-order valence-corrected chi connectivity index (χ0v) is 24.4. The average molecular weight is 642 g/mol. The van der Waals surface area contributed by atoms with Crippen molar-refractivity contribution in [1.29, 1.82) is 0 Å².